The van der Waals surface area contributed by atoms with Gasteiger partial charge in [-0.15, -0.1) is 0 Å². The molecule has 0 saturated heterocycles. The molecule has 1 atom stereocenters. The van der Waals surface area contributed by atoms with Crippen molar-refractivity contribution in [3.8, 4) is 0 Å². The molecule has 2 rings (SSSR count). The van der Waals surface area contributed by atoms with E-state index in [4.69, 9.17) is 10.5 Å². The minimum atomic E-state index is -0.356. The average Bonchev–Trinajstić information content (AvgIpc) is 2.54. The monoisotopic (exact) mass is 312 g/mol. The van der Waals surface area contributed by atoms with E-state index in [0.717, 1.165) is 16.8 Å². The fraction of sp³-hybridized carbons (Fsp3) is 0.316. The molecule has 0 aromatic heterocycles. The second-order valence-corrected chi connectivity index (χ2v) is 5.89. The number of rotatable bonds is 5. The summed E-state index contributed by atoms with van der Waals surface area (Å²) in [5.41, 5.74) is 8.69. The summed E-state index contributed by atoms with van der Waals surface area (Å²) < 4.78 is 5.46. The van der Waals surface area contributed by atoms with Gasteiger partial charge in [-0.2, -0.15) is 0 Å². The zero-order chi connectivity index (χ0) is 16.8. The number of hydrogen-bond donors (Lipinski definition) is 1. The smallest absolute Gasteiger partial charge is 0.414 e. The summed E-state index contributed by atoms with van der Waals surface area (Å²) in [6.07, 6.45) is -0.356. The van der Waals surface area contributed by atoms with E-state index in [1.807, 2.05) is 75.4 Å². The van der Waals surface area contributed by atoms with Crippen molar-refractivity contribution >= 4 is 11.8 Å². The molecule has 0 saturated carbocycles. The van der Waals surface area contributed by atoms with E-state index in [0.29, 0.717) is 0 Å². The van der Waals surface area contributed by atoms with Crippen molar-refractivity contribution in [3.05, 3.63) is 65.7 Å². The molecule has 0 spiro atoms. The predicted molar refractivity (Wildman–Crippen MR) is 93.3 cm³/mol. The van der Waals surface area contributed by atoms with Crippen molar-refractivity contribution in [2.45, 2.75) is 39.5 Å². The van der Waals surface area contributed by atoms with Gasteiger partial charge in [-0.05, 0) is 44.0 Å². The van der Waals surface area contributed by atoms with Gasteiger partial charge in [0.25, 0.3) is 0 Å². The lowest BCUT2D eigenvalue weighted by atomic mass is 10.1. The van der Waals surface area contributed by atoms with Gasteiger partial charge in [0.2, 0.25) is 0 Å². The molecule has 2 aromatic carbocycles. The Balaban J connectivity index is 2.14. The minimum Gasteiger partial charge on any atom is -0.444 e. The highest BCUT2D eigenvalue weighted by molar-refractivity contribution is 5.88. The predicted octanol–water partition coefficient (Wildman–Crippen LogP) is 4.26. The zero-order valence-corrected chi connectivity index (χ0v) is 13.9. The van der Waals surface area contributed by atoms with Crippen LogP contribution in [0.4, 0.5) is 10.5 Å². The highest BCUT2D eigenvalue weighted by Gasteiger charge is 2.21. The first-order valence-corrected chi connectivity index (χ1v) is 7.84. The third kappa shape index (κ3) is 4.57. The summed E-state index contributed by atoms with van der Waals surface area (Å²) in [6, 6.07) is 17.3. The van der Waals surface area contributed by atoms with Crippen LogP contribution in [-0.2, 0) is 11.3 Å². The number of carbonyl (C=O) groups excluding carboxylic acids is 1. The molecule has 1 unspecified atom stereocenters. The number of ether oxygens (including phenoxy) is 1. The van der Waals surface area contributed by atoms with Gasteiger partial charge < -0.3 is 10.5 Å². The summed E-state index contributed by atoms with van der Waals surface area (Å²) in [6.45, 7) is 6.10. The van der Waals surface area contributed by atoms with E-state index in [1.165, 1.54) is 0 Å². The Morgan fingerprint density at radius 2 is 1.78 bits per heavy atom. The molecule has 122 valence electrons. The molecule has 1 amide bonds. The Bertz CT molecular complexity index is 639. The number of nitrogens with two attached hydrogens (primary N) is 1. The quantitative estimate of drug-likeness (QED) is 0.897. The average molecular weight is 312 g/mol. The fourth-order valence-corrected chi connectivity index (χ4v) is 2.36. The van der Waals surface area contributed by atoms with E-state index in [1.54, 1.807) is 4.90 Å². The molecule has 2 aromatic rings. The highest BCUT2D eigenvalue weighted by atomic mass is 16.6. The van der Waals surface area contributed by atoms with Gasteiger partial charge in [-0.1, -0.05) is 42.5 Å². The first-order chi connectivity index (χ1) is 11.0. The Morgan fingerprint density at radius 3 is 2.39 bits per heavy atom. The van der Waals surface area contributed by atoms with E-state index in [-0.39, 0.29) is 24.8 Å². The van der Waals surface area contributed by atoms with Crippen LogP contribution < -0.4 is 10.6 Å². The second kappa shape index (κ2) is 7.79. The number of benzene rings is 2. The molecule has 23 heavy (non-hydrogen) atoms. The van der Waals surface area contributed by atoms with Crippen molar-refractivity contribution in [1.82, 2.24) is 0 Å². The fourth-order valence-electron chi connectivity index (χ4n) is 2.36. The summed E-state index contributed by atoms with van der Waals surface area (Å²) in [4.78, 5) is 14.2. The van der Waals surface area contributed by atoms with E-state index < -0.39 is 0 Å². The highest BCUT2D eigenvalue weighted by Crippen LogP contribution is 2.22. The number of amides is 1. The van der Waals surface area contributed by atoms with Gasteiger partial charge in [0, 0.05) is 17.8 Å². The number of anilines is 1. The van der Waals surface area contributed by atoms with Crippen LogP contribution in [0.1, 0.15) is 37.9 Å². The van der Waals surface area contributed by atoms with Crippen molar-refractivity contribution in [2.75, 3.05) is 4.90 Å². The maximum atomic E-state index is 12.5. The molecule has 0 heterocycles. The van der Waals surface area contributed by atoms with Gasteiger partial charge in [-0.3, -0.25) is 4.90 Å². The van der Waals surface area contributed by atoms with E-state index in [2.05, 4.69) is 0 Å². The maximum absolute atomic E-state index is 12.5. The van der Waals surface area contributed by atoms with Crippen molar-refractivity contribution < 1.29 is 9.53 Å². The standard InChI is InChI=1S/C19H24N2O2/c1-14(2)21(18-11-7-10-17(12-18)15(3)20)19(22)23-13-16-8-5-4-6-9-16/h4-12,14-15H,13,20H2,1-3H3. The van der Waals surface area contributed by atoms with Crippen LogP contribution in [-0.4, -0.2) is 12.1 Å². The molecule has 4 nitrogen and oxygen atoms in total. The van der Waals surface area contributed by atoms with E-state index in [9.17, 15) is 4.79 Å². The first-order valence-electron chi connectivity index (χ1n) is 7.84. The van der Waals surface area contributed by atoms with Crippen LogP contribution >= 0.6 is 0 Å². The molecule has 0 bridgehead atoms. The van der Waals surface area contributed by atoms with Crippen molar-refractivity contribution in [1.29, 1.82) is 0 Å². The summed E-state index contributed by atoms with van der Waals surface area (Å²) in [5, 5.41) is 0. The number of nitrogens with zero attached hydrogens (tertiary/aromatic N) is 1. The lowest BCUT2D eigenvalue weighted by Crippen LogP contribution is -2.37. The van der Waals surface area contributed by atoms with Crippen molar-refractivity contribution in [2.24, 2.45) is 5.73 Å². The molecule has 0 radical (unpaired) electrons. The Hall–Kier alpha value is -2.33. The molecular formula is C19H24N2O2. The third-order valence-electron chi connectivity index (χ3n) is 3.59. The van der Waals surface area contributed by atoms with Crippen LogP contribution in [0, 0.1) is 0 Å². The van der Waals surface area contributed by atoms with Gasteiger partial charge in [0.1, 0.15) is 6.61 Å². The van der Waals surface area contributed by atoms with Gasteiger partial charge in [0.15, 0.2) is 0 Å². The minimum absolute atomic E-state index is 0.0124. The van der Waals surface area contributed by atoms with Gasteiger partial charge >= 0.3 is 6.09 Å². The topological polar surface area (TPSA) is 55.6 Å². The molecule has 0 aliphatic rings. The number of carbonyl (C=O) groups is 1. The van der Waals surface area contributed by atoms with Crippen LogP contribution in [0.5, 0.6) is 0 Å². The third-order valence-corrected chi connectivity index (χ3v) is 3.59. The van der Waals surface area contributed by atoms with Gasteiger partial charge in [0.05, 0.1) is 0 Å². The molecule has 2 N–H and O–H groups in total. The Kier molecular flexibility index (Phi) is 5.77. The largest absolute Gasteiger partial charge is 0.444 e. The van der Waals surface area contributed by atoms with Crippen LogP contribution in [0.15, 0.2) is 54.6 Å². The number of hydrogen-bond acceptors (Lipinski definition) is 3. The van der Waals surface area contributed by atoms with Crippen LogP contribution in [0.2, 0.25) is 0 Å². The molecule has 4 heteroatoms. The van der Waals surface area contributed by atoms with Crippen molar-refractivity contribution in [3.63, 3.8) is 0 Å². The summed E-state index contributed by atoms with van der Waals surface area (Å²) >= 11 is 0. The van der Waals surface area contributed by atoms with Gasteiger partial charge in [-0.25, -0.2) is 4.79 Å². The molecular weight excluding hydrogens is 288 g/mol. The lowest BCUT2D eigenvalue weighted by Gasteiger charge is -2.26. The zero-order valence-electron chi connectivity index (χ0n) is 13.9. The second-order valence-electron chi connectivity index (χ2n) is 5.89. The SMILES string of the molecule is CC(N)c1cccc(N(C(=O)OCc2ccccc2)C(C)C)c1. The summed E-state index contributed by atoms with van der Waals surface area (Å²) in [7, 11) is 0. The molecule has 0 aliphatic carbocycles. The van der Waals surface area contributed by atoms with E-state index >= 15 is 0 Å². The Morgan fingerprint density at radius 1 is 1.09 bits per heavy atom. The van der Waals surface area contributed by atoms with Crippen LogP contribution in [0.25, 0.3) is 0 Å². The Labute approximate surface area is 137 Å². The maximum Gasteiger partial charge on any atom is 0.414 e. The summed E-state index contributed by atoms with van der Waals surface area (Å²) in [5.74, 6) is 0. The first kappa shape index (κ1) is 17.0. The molecule has 0 aliphatic heterocycles. The normalized spacial score (nSPS) is 12.0. The lowest BCUT2D eigenvalue weighted by molar-refractivity contribution is 0.145. The molecule has 0 fully saturated rings. The van der Waals surface area contributed by atoms with Crippen LogP contribution in [0.3, 0.4) is 0 Å².